The fourth-order valence-corrected chi connectivity index (χ4v) is 2.31. The number of rotatable bonds is 2. The van der Waals surface area contributed by atoms with Crippen LogP contribution < -0.4 is 5.32 Å². The molecule has 88 valence electrons. The summed E-state index contributed by atoms with van der Waals surface area (Å²) >= 11 is 0. The lowest BCUT2D eigenvalue weighted by Gasteiger charge is -2.28. The van der Waals surface area contributed by atoms with Crippen molar-refractivity contribution < 1.29 is 9.63 Å². The van der Waals surface area contributed by atoms with Crippen molar-refractivity contribution in [3.63, 3.8) is 0 Å². The van der Waals surface area contributed by atoms with Gasteiger partial charge in [-0.05, 0) is 38.3 Å². The minimum atomic E-state index is -0.908. The standard InChI is InChI=1S/C11H17N3O2/c1-7-6-8(7)9-13-10(16-14-9)11(15)2-4-12-5-3-11/h7-8,12,15H,2-6H2,1H3. The maximum Gasteiger partial charge on any atom is 0.258 e. The minimum absolute atomic E-state index is 0.406. The zero-order chi connectivity index (χ0) is 11.2. The van der Waals surface area contributed by atoms with Gasteiger partial charge in [0.05, 0.1) is 0 Å². The molecule has 16 heavy (non-hydrogen) atoms. The summed E-state index contributed by atoms with van der Waals surface area (Å²) in [6, 6.07) is 0. The van der Waals surface area contributed by atoms with E-state index in [2.05, 4.69) is 22.4 Å². The van der Waals surface area contributed by atoms with Crippen molar-refractivity contribution >= 4 is 0 Å². The highest BCUT2D eigenvalue weighted by Gasteiger charge is 2.41. The average molecular weight is 223 g/mol. The third kappa shape index (κ3) is 1.64. The number of aromatic nitrogens is 2. The largest absolute Gasteiger partial charge is 0.380 e. The summed E-state index contributed by atoms with van der Waals surface area (Å²) in [4.78, 5) is 4.36. The number of nitrogens with zero attached hydrogens (tertiary/aromatic N) is 2. The Bertz CT molecular complexity index is 384. The molecule has 1 saturated carbocycles. The molecule has 3 rings (SSSR count). The molecule has 2 N–H and O–H groups in total. The van der Waals surface area contributed by atoms with Gasteiger partial charge in [-0.25, -0.2) is 0 Å². The Morgan fingerprint density at radius 1 is 1.44 bits per heavy atom. The van der Waals surface area contributed by atoms with Crippen molar-refractivity contribution in [2.24, 2.45) is 5.92 Å². The minimum Gasteiger partial charge on any atom is -0.380 e. The third-order valence-corrected chi connectivity index (χ3v) is 3.71. The molecule has 2 heterocycles. The van der Waals surface area contributed by atoms with Gasteiger partial charge in [-0.3, -0.25) is 0 Å². The fraction of sp³-hybridized carbons (Fsp3) is 0.818. The van der Waals surface area contributed by atoms with E-state index in [0.29, 0.717) is 30.6 Å². The van der Waals surface area contributed by atoms with Crippen molar-refractivity contribution in [2.45, 2.75) is 37.7 Å². The molecular formula is C11H17N3O2. The molecule has 2 unspecified atom stereocenters. The second-order valence-electron chi connectivity index (χ2n) is 5.06. The predicted octanol–water partition coefficient (Wildman–Crippen LogP) is 0.764. The van der Waals surface area contributed by atoms with Crippen molar-refractivity contribution in [1.82, 2.24) is 15.5 Å². The van der Waals surface area contributed by atoms with Crippen LogP contribution in [0.25, 0.3) is 0 Å². The van der Waals surface area contributed by atoms with Crippen LogP contribution in [-0.2, 0) is 5.60 Å². The summed E-state index contributed by atoms with van der Waals surface area (Å²) in [5, 5.41) is 17.6. The predicted molar refractivity (Wildman–Crippen MR) is 56.8 cm³/mol. The quantitative estimate of drug-likeness (QED) is 0.774. The van der Waals surface area contributed by atoms with Crippen molar-refractivity contribution in [3.8, 4) is 0 Å². The van der Waals surface area contributed by atoms with E-state index in [1.54, 1.807) is 0 Å². The van der Waals surface area contributed by atoms with Crippen molar-refractivity contribution in [2.75, 3.05) is 13.1 Å². The first-order chi connectivity index (χ1) is 7.69. The van der Waals surface area contributed by atoms with E-state index in [1.807, 2.05) is 0 Å². The van der Waals surface area contributed by atoms with Gasteiger partial charge in [-0.2, -0.15) is 4.98 Å². The van der Waals surface area contributed by atoms with Gasteiger partial charge >= 0.3 is 0 Å². The molecule has 5 nitrogen and oxygen atoms in total. The Morgan fingerprint density at radius 3 is 2.75 bits per heavy atom. The first-order valence-corrected chi connectivity index (χ1v) is 5.96. The SMILES string of the molecule is CC1CC1c1noc(C2(O)CCNCC2)n1. The van der Waals surface area contributed by atoms with Crippen LogP contribution in [0.15, 0.2) is 4.52 Å². The molecule has 2 aliphatic rings. The summed E-state index contributed by atoms with van der Waals surface area (Å²) in [6.07, 6.45) is 2.43. The molecule has 2 fully saturated rings. The summed E-state index contributed by atoms with van der Waals surface area (Å²) in [5.74, 6) is 2.29. The second kappa shape index (κ2) is 3.53. The van der Waals surface area contributed by atoms with Gasteiger partial charge in [0.25, 0.3) is 5.89 Å². The van der Waals surface area contributed by atoms with Gasteiger partial charge in [0.2, 0.25) is 0 Å². The number of hydrogen-bond acceptors (Lipinski definition) is 5. The van der Waals surface area contributed by atoms with Crippen LogP contribution in [0.1, 0.15) is 43.8 Å². The zero-order valence-corrected chi connectivity index (χ0v) is 9.44. The summed E-state index contributed by atoms with van der Waals surface area (Å²) in [6.45, 7) is 3.78. The van der Waals surface area contributed by atoms with E-state index >= 15 is 0 Å². The normalized spacial score (nSPS) is 32.6. The molecule has 0 aromatic carbocycles. The topological polar surface area (TPSA) is 71.2 Å². The first kappa shape index (κ1) is 10.2. The van der Waals surface area contributed by atoms with Gasteiger partial charge in [0.1, 0.15) is 5.60 Å². The smallest absolute Gasteiger partial charge is 0.258 e. The van der Waals surface area contributed by atoms with Gasteiger partial charge in [0, 0.05) is 5.92 Å². The van der Waals surface area contributed by atoms with Crippen LogP contribution >= 0.6 is 0 Å². The fourth-order valence-electron chi connectivity index (χ4n) is 2.31. The average Bonchev–Trinajstić information content (AvgIpc) is 2.82. The Labute approximate surface area is 94.2 Å². The number of nitrogens with one attached hydrogen (secondary N) is 1. The van der Waals surface area contributed by atoms with E-state index in [9.17, 15) is 5.11 Å². The lowest BCUT2D eigenvalue weighted by Crippen LogP contribution is -2.39. The highest BCUT2D eigenvalue weighted by atomic mass is 16.5. The van der Waals surface area contributed by atoms with Crippen LogP contribution in [-0.4, -0.2) is 28.3 Å². The van der Waals surface area contributed by atoms with Crippen LogP contribution in [0.2, 0.25) is 0 Å². The number of aliphatic hydroxyl groups is 1. The molecule has 1 aliphatic carbocycles. The molecule has 0 bridgehead atoms. The summed E-state index contributed by atoms with van der Waals surface area (Å²) in [5.41, 5.74) is -0.908. The van der Waals surface area contributed by atoms with Crippen LogP contribution in [0.3, 0.4) is 0 Å². The first-order valence-electron chi connectivity index (χ1n) is 5.96. The molecule has 1 aromatic rings. The highest BCUT2D eigenvalue weighted by molar-refractivity contribution is 5.10. The van der Waals surface area contributed by atoms with E-state index in [4.69, 9.17) is 4.52 Å². The zero-order valence-electron chi connectivity index (χ0n) is 9.44. The van der Waals surface area contributed by atoms with Gasteiger partial charge in [-0.15, -0.1) is 0 Å². The molecule has 0 radical (unpaired) electrons. The molecule has 0 amide bonds. The van der Waals surface area contributed by atoms with Gasteiger partial charge < -0.3 is 14.9 Å². The summed E-state index contributed by atoms with van der Waals surface area (Å²) in [7, 11) is 0. The Kier molecular flexibility index (Phi) is 2.26. The van der Waals surface area contributed by atoms with Crippen LogP contribution in [0.4, 0.5) is 0 Å². The molecule has 0 spiro atoms. The van der Waals surface area contributed by atoms with Crippen molar-refractivity contribution in [3.05, 3.63) is 11.7 Å². The Hall–Kier alpha value is -0.940. The van der Waals surface area contributed by atoms with E-state index in [0.717, 1.165) is 25.3 Å². The monoisotopic (exact) mass is 223 g/mol. The van der Waals surface area contributed by atoms with Crippen LogP contribution in [0.5, 0.6) is 0 Å². The van der Waals surface area contributed by atoms with Gasteiger partial charge in [0.15, 0.2) is 5.82 Å². The maximum absolute atomic E-state index is 10.4. The number of piperidine rings is 1. The molecule has 1 saturated heterocycles. The van der Waals surface area contributed by atoms with Gasteiger partial charge in [-0.1, -0.05) is 12.1 Å². The maximum atomic E-state index is 10.4. The summed E-state index contributed by atoms with van der Waals surface area (Å²) < 4.78 is 5.22. The Morgan fingerprint density at radius 2 is 2.12 bits per heavy atom. The molecule has 2 atom stereocenters. The van der Waals surface area contributed by atoms with Crippen molar-refractivity contribution in [1.29, 1.82) is 0 Å². The third-order valence-electron chi connectivity index (χ3n) is 3.71. The number of hydrogen-bond donors (Lipinski definition) is 2. The van der Waals surface area contributed by atoms with E-state index in [1.165, 1.54) is 0 Å². The molecule has 1 aliphatic heterocycles. The van der Waals surface area contributed by atoms with E-state index < -0.39 is 5.60 Å². The lowest BCUT2D eigenvalue weighted by molar-refractivity contribution is -0.0228. The Balaban J connectivity index is 1.80. The second-order valence-corrected chi connectivity index (χ2v) is 5.06. The van der Waals surface area contributed by atoms with E-state index in [-0.39, 0.29) is 0 Å². The lowest BCUT2D eigenvalue weighted by atomic mass is 9.92. The van der Waals surface area contributed by atoms with Crippen LogP contribution in [0, 0.1) is 5.92 Å². The molecule has 5 heteroatoms. The molecule has 1 aromatic heterocycles. The highest BCUT2D eigenvalue weighted by Crippen LogP contribution is 2.46. The molecular weight excluding hydrogens is 206 g/mol.